The summed E-state index contributed by atoms with van der Waals surface area (Å²) in [6, 6.07) is 9.06. The summed E-state index contributed by atoms with van der Waals surface area (Å²) >= 11 is 11.8. The molecule has 0 unspecified atom stereocenters. The van der Waals surface area contributed by atoms with Gasteiger partial charge in [0.2, 0.25) is 5.88 Å². The summed E-state index contributed by atoms with van der Waals surface area (Å²) in [7, 11) is 0. The number of ether oxygens (including phenoxy) is 1. The van der Waals surface area contributed by atoms with Gasteiger partial charge in [0.1, 0.15) is 10.9 Å². The molecule has 2 heterocycles. The molecule has 0 bridgehead atoms. The van der Waals surface area contributed by atoms with Gasteiger partial charge < -0.3 is 10.1 Å². The van der Waals surface area contributed by atoms with Crippen molar-refractivity contribution in [1.29, 1.82) is 0 Å². The molecule has 0 spiro atoms. The van der Waals surface area contributed by atoms with Crippen LogP contribution in [0.3, 0.4) is 0 Å². The number of hydrogen-bond donors (Lipinski definition) is 1. The van der Waals surface area contributed by atoms with Crippen LogP contribution in [0.5, 0.6) is 11.6 Å². The maximum atomic E-state index is 5.95. The summed E-state index contributed by atoms with van der Waals surface area (Å²) in [6.45, 7) is 0.645. The Kier molecular flexibility index (Phi) is 2.57. The number of aromatic nitrogens is 1. The van der Waals surface area contributed by atoms with Gasteiger partial charge in [-0.2, -0.15) is 4.98 Å². The maximum Gasteiger partial charge on any atom is 0.244 e. The van der Waals surface area contributed by atoms with Crippen LogP contribution >= 0.6 is 23.2 Å². The zero-order valence-electron chi connectivity index (χ0n) is 8.71. The molecule has 3 nitrogen and oxygen atoms in total. The molecule has 1 aromatic carbocycles. The number of benzene rings is 1. The second-order valence-corrected chi connectivity index (χ2v) is 4.52. The van der Waals surface area contributed by atoms with Crippen molar-refractivity contribution in [1.82, 2.24) is 4.98 Å². The zero-order chi connectivity index (χ0) is 11.8. The molecule has 2 aromatic rings. The Bertz CT molecular complexity index is 587. The molecule has 17 heavy (non-hydrogen) atoms. The summed E-state index contributed by atoms with van der Waals surface area (Å²) in [6.07, 6.45) is 0. The first-order valence-electron chi connectivity index (χ1n) is 5.09. The van der Waals surface area contributed by atoms with E-state index in [4.69, 9.17) is 27.9 Å². The highest BCUT2D eigenvalue weighted by molar-refractivity contribution is 6.30. The SMILES string of the molecule is Clc1ccc2c(c1)CNc1ccc(Cl)nc1O2. The van der Waals surface area contributed by atoms with Gasteiger partial charge in [0.15, 0.2) is 0 Å². The summed E-state index contributed by atoms with van der Waals surface area (Å²) in [4.78, 5) is 4.14. The second-order valence-electron chi connectivity index (χ2n) is 3.69. The lowest BCUT2D eigenvalue weighted by atomic mass is 10.2. The molecule has 0 amide bonds. The van der Waals surface area contributed by atoms with E-state index in [1.165, 1.54) is 0 Å². The van der Waals surface area contributed by atoms with Crippen molar-refractivity contribution < 1.29 is 4.74 Å². The molecule has 1 aromatic heterocycles. The summed E-state index contributed by atoms with van der Waals surface area (Å²) < 4.78 is 5.72. The Morgan fingerprint density at radius 1 is 1.18 bits per heavy atom. The lowest BCUT2D eigenvalue weighted by molar-refractivity contribution is 0.465. The van der Waals surface area contributed by atoms with Crippen LogP contribution in [-0.4, -0.2) is 4.98 Å². The van der Waals surface area contributed by atoms with Crippen LogP contribution in [0.4, 0.5) is 5.69 Å². The minimum atomic E-state index is 0.406. The number of rotatable bonds is 0. The first kappa shape index (κ1) is 10.7. The zero-order valence-corrected chi connectivity index (χ0v) is 10.2. The van der Waals surface area contributed by atoms with Gasteiger partial charge in [-0.1, -0.05) is 23.2 Å². The molecular weight excluding hydrogens is 259 g/mol. The van der Waals surface area contributed by atoms with E-state index in [1.54, 1.807) is 12.1 Å². The molecule has 0 saturated carbocycles. The topological polar surface area (TPSA) is 34.2 Å². The summed E-state index contributed by atoms with van der Waals surface area (Å²) in [5.74, 6) is 1.23. The molecule has 5 heteroatoms. The number of fused-ring (bicyclic) bond motifs is 2. The van der Waals surface area contributed by atoms with Crippen LogP contribution in [0.25, 0.3) is 0 Å². The highest BCUT2D eigenvalue weighted by atomic mass is 35.5. The first-order valence-corrected chi connectivity index (χ1v) is 5.85. The van der Waals surface area contributed by atoms with Gasteiger partial charge in [-0.15, -0.1) is 0 Å². The molecule has 0 saturated heterocycles. The van der Waals surface area contributed by atoms with Gasteiger partial charge in [0.05, 0.1) is 5.69 Å². The molecule has 0 atom stereocenters. The van der Waals surface area contributed by atoms with E-state index >= 15 is 0 Å². The van der Waals surface area contributed by atoms with Gasteiger partial charge in [-0.25, -0.2) is 0 Å². The third-order valence-corrected chi connectivity index (χ3v) is 2.97. The highest BCUT2D eigenvalue weighted by Gasteiger charge is 2.15. The second kappa shape index (κ2) is 4.09. The van der Waals surface area contributed by atoms with Gasteiger partial charge in [0, 0.05) is 17.1 Å². The number of hydrogen-bond acceptors (Lipinski definition) is 3. The van der Waals surface area contributed by atoms with E-state index in [0.29, 0.717) is 22.6 Å². The standard InChI is InChI=1S/C12H8Cl2N2O/c13-8-1-3-10-7(5-8)6-15-9-2-4-11(14)16-12(9)17-10/h1-5,15H,6H2. The van der Waals surface area contributed by atoms with E-state index in [-0.39, 0.29) is 0 Å². The fourth-order valence-corrected chi connectivity index (χ4v) is 2.05. The quantitative estimate of drug-likeness (QED) is 0.729. The fourth-order valence-electron chi connectivity index (χ4n) is 1.71. The monoisotopic (exact) mass is 266 g/mol. The molecule has 0 aliphatic carbocycles. The number of pyridine rings is 1. The molecule has 0 fully saturated rings. The Hall–Kier alpha value is -1.45. The predicted octanol–water partition coefficient (Wildman–Crippen LogP) is 4.11. The highest BCUT2D eigenvalue weighted by Crippen LogP contribution is 2.35. The molecule has 1 aliphatic rings. The van der Waals surface area contributed by atoms with E-state index < -0.39 is 0 Å². The van der Waals surface area contributed by atoms with Crippen LogP contribution < -0.4 is 10.1 Å². The van der Waals surface area contributed by atoms with Gasteiger partial charge in [0.25, 0.3) is 0 Å². The molecule has 3 rings (SSSR count). The van der Waals surface area contributed by atoms with Crippen LogP contribution in [0, 0.1) is 0 Å². The fraction of sp³-hybridized carbons (Fsp3) is 0.0833. The van der Waals surface area contributed by atoms with Crippen molar-refractivity contribution in [2.45, 2.75) is 6.54 Å². The molecular formula is C12H8Cl2N2O. The molecule has 86 valence electrons. The van der Waals surface area contributed by atoms with Crippen LogP contribution in [0.15, 0.2) is 30.3 Å². The smallest absolute Gasteiger partial charge is 0.244 e. The molecule has 1 aliphatic heterocycles. The van der Waals surface area contributed by atoms with E-state index in [0.717, 1.165) is 17.0 Å². The average Bonchev–Trinajstić information content (AvgIpc) is 2.47. The predicted molar refractivity (Wildman–Crippen MR) is 68.1 cm³/mol. The molecule has 1 N–H and O–H groups in total. The first-order chi connectivity index (χ1) is 8.22. The summed E-state index contributed by atoms with van der Waals surface area (Å²) in [5.41, 5.74) is 1.81. The van der Waals surface area contributed by atoms with Crippen LogP contribution in [-0.2, 0) is 6.54 Å². The van der Waals surface area contributed by atoms with Gasteiger partial charge in [-0.3, -0.25) is 0 Å². The lowest BCUT2D eigenvalue weighted by Crippen LogP contribution is -1.97. The van der Waals surface area contributed by atoms with E-state index in [1.807, 2.05) is 18.2 Å². The Morgan fingerprint density at radius 3 is 2.94 bits per heavy atom. The Balaban J connectivity index is 2.08. The Labute approximate surface area is 108 Å². The number of anilines is 1. The number of halogens is 2. The van der Waals surface area contributed by atoms with Crippen molar-refractivity contribution in [3.05, 3.63) is 46.1 Å². The van der Waals surface area contributed by atoms with Crippen molar-refractivity contribution >= 4 is 28.9 Å². The third kappa shape index (κ3) is 2.04. The third-order valence-electron chi connectivity index (χ3n) is 2.52. The summed E-state index contributed by atoms with van der Waals surface area (Å²) in [5, 5.41) is 4.32. The van der Waals surface area contributed by atoms with Gasteiger partial charge >= 0.3 is 0 Å². The number of nitrogens with zero attached hydrogens (tertiary/aromatic N) is 1. The number of nitrogens with one attached hydrogen (secondary N) is 1. The van der Waals surface area contributed by atoms with Gasteiger partial charge in [-0.05, 0) is 30.3 Å². The minimum Gasteiger partial charge on any atom is -0.437 e. The Morgan fingerprint density at radius 2 is 2.06 bits per heavy atom. The minimum absolute atomic E-state index is 0.406. The van der Waals surface area contributed by atoms with Crippen molar-refractivity contribution in [3.63, 3.8) is 0 Å². The van der Waals surface area contributed by atoms with Crippen molar-refractivity contribution in [2.75, 3.05) is 5.32 Å². The largest absolute Gasteiger partial charge is 0.437 e. The normalized spacial score (nSPS) is 12.8. The lowest BCUT2D eigenvalue weighted by Gasteiger charge is -2.06. The maximum absolute atomic E-state index is 5.95. The van der Waals surface area contributed by atoms with E-state index in [9.17, 15) is 0 Å². The van der Waals surface area contributed by atoms with E-state index in [2.05, 4.69) is 10.3 Å². The van der Waals surface area contributed by atoms with Crippen LogP contribution in [0.1, 0.15) is 5.56 Å². The molecule has 0 radical (unpaired) electrons. The van der Waals surface area contributed by atoms with Crippen molar-refractivity contribution in [2.24, 2.45) is 0 Å². The van der Waals surface area contributed by atoms with Crippen LogP contribution in [0.2, 0.25) is 10.2 Å². The van der Waals surface area contributed by atoms with Crippen molar-refractivity contribution in [3.8, 4) is 11.6 Å². The average molecular weight is 267 g/mol.